The number of phenols is 1. The fraction of sp³-hybridized carbons (Fsp3) is 0.0909. The van der Waals surface area contributed by atoms with Gasteiger partial charge in [-0.15, -0.1) is 10.2 Å². The summed E-state index contributed by atoms with van der Waals surface area (Å²) in [5, 5.41) is 30.5. The van der Waals surface area contributed by atoms with Gasteiger partial charge in [0.05, 0.1) is 18.2 Å². The number of esters is 1. The summed E-state index contributed by atoms with van der Waals surface area (Å²) in [4.78, 5) is 24.3. The Balaban J connectivity index is 1.74. The number of aromatic nitrogens is 1. The molecule has 0 spiro atoms. The third-order valence-electron chi connectivity index (χ3n) is 4.80. The van der Waals surface area contributed by atoms with Gasteiger partial charge in [-0.3, -0.25) is 14.2 Å². The third kappa shape index (κ3) is 3.24. The van der Waals surface area contributed by atoms with Crippen molar-refractivity contribution < 1.29 is 24.5 Å². The summed E-state index contributed by atoms with van der Waals surface area (Å²) >= 11 is 0. The van der Waals surface area contributed by atoms with Crippen molar-refractivity contribution in [1.29, 1.82) is 0 Å². The van der Waals surface area contributed by atoms with Gasteiger partial charge >= 0.3 is 5.97 Å². The molecule has 0 radical (unpaired) electrons. The summed E-state index contributed by atoms with van der Waals surface area (Å²) in [6.45, 7) is -0.224. The number of hydrogen-bond donors (Lipinski definition) is 2. The van der Waals surface area contributed by atoms with Crippen LogP contribution in [0.25, 0.3) is 21.7 Å². The third-order valence-corrected chi connectivity index (χ3v) is 4.80. The average Bonchev–Trinajstić information content (AvgIpc) is 3.03. The van der Waals surface area contributed by atoms with Gasteiger partial charge in [0.1, 0.15) is 12.3 Å². The minimum atomic E-state index is -0.762. The topological polar surface area (TPSA) is 113 Å². The summed E-state index contributed by atoms with van der Waals surface area (Å²) in [6.07, 6.45) is 0. The van der Waals surface area contributed by atoms with E-state index >= 15 is 0 Å². The van der Waals surface area contributed by atoms with E-state index in [1.807, 2.05) is 12.1 Å². The van der Waals surface area contributed by atoms with E-state index in [1.165, 1.54) is 17.7 Å². The van der Waals surface area contributed by atoms with Gasteiger partial charge in [0.2, 0.25) is 5.88 Å². The molecule has 0 unspecified atom stereocenters. The molecule has 0 saturated heterocycles. The van der Waals surface area contributed by atoms with Gasteiger partial charge in [-0.25, -0.2) is 0 Å². The number of azo groups is 1. The maximum Gasteiger partial charge on any atom is 0.325 e. The molecule has 1 amide bonds. The molecule has 0 aliphatic heterocycles. The maximum absolute atomic E-state index is 12.6. The summed E-state index contributed by atoms with van der Waals surface area (Å²) in [7, 11) is 1.25. The highest BCUT2D eigenvalue weighted by atomic mass is 16.5. The number of phenolic OH excluding ortho intramolecular Hbond substituents is 1. The Morgan fingerprint density at radius 1 is 0.967 bits per heavy atom. The van der Waals surface area contributed by atoms with E-state index < -0.39 is 11.9 Å². The van der Waals surface area contributed by atoms with Crippen LogP contribution in [0, 0.1) is 0 Å². The first-order valence-electron chi connectivity index (χ1n) is 9.05. The monoisotopic (exact) mass is 403 g/mol. The number of para-hydroxylation sites is 1. The zero-order chi connectivity index (χ0) is 21.3. The summed E-state index contributed by atoms with van der Waals surface area (Å²) in [5.41, 5.74) is 0.578. The van der Waals surface area contributed by atoms with E-state index in [0.717, 1.165) is 5.39 Å². The van der Waals surface area contributed by atoms with E-state index in [9.17, 15) is 19.8 Å². The molecule has 4 rings (SSSR count). The normalized spacial score (nSPS) is 11.4. The van der Waals surface area contributed by atoms with Crippen molar-refractivity contribution in [1.82, 2.24) is 4.57 Å². The van der Waals surface area contributed by atoms with Crippen LogP contribution in [0.1, 0.15) is 10.4 Å². The molecule has 1 aromatic heterocycles. The lowest BCUT2D eigenvalue weighted by Crippen LogP contribution is -2.10. The Kier molecular flexibility index (Phi) is 4.89. The summed E-state index contributed by atoms with van der Waals surface area (Å²) < 4.78 is 5.99. The lowest BCUT2D eigenvalue weighted by Gasteiger charge is -2.05. The van der Waals surface area contributed by atoms with Crippen LogP contribution in [0.4, 0.5) is 5.69 Å². The highest BCUT2D eigenvalue weighted by molar-refractivity contribution is 6.04. The van der Waals surface area contributed by atoms with Gasteiger partial charge in [0.25, 0.3) is 5.91 Å². The van der Waals surface area contributed by atoms with Crippen LogP contribution in [-0.4, -0.2) is 33.8 Å². The second kappa shape index (κ2) is 7.67. The number of amides is 1. The minimum Gasteiger partial charge on any atom is -0.506 e. The number of ether oxygens (including phenoxy) is 1. The molecule has 8 heteroatoms. The van der Waals surface area contributed by atoms with E-state index in [2.05, 4.69) is 15.0 Å². The molecule has 8 nitrogen and oxygen atoms in total. The molecular formula is C22H17N3O5. The van der Waals surface area contributed by atoms with Crippen LogP contribution < -0.4 is 0 Å². The lowest BCUT2D eigenvalue weighted by atomic mass is 10.1. The van der Waals surface area contributed by atoms with Crippen LogP contribution in [-0.2, 0) is 16.1 Å². The molecule has 0 fully saturated rings. The predicted octanol–water partition coefficient (Wildman–Crippen LogP) is 4.30. The van der Waals surface area contributed by atoms with Crippen LogP contribution in [0.3, 0.4) is 0 Å². The van der Waals surface area contributed by atoms with Crippen molar-refractivity contribution in [3.05, 3.63) is 66.2 Å². The second-order valence-electron chi connectivity index (χ2n) is 6.54. The fourth-order valence-corrected chi connectivity index (χ4v) is 3.30. The molecule has 2 N–H and O–H groups in total. The number of carbonyl (C=O) groups is 2. The first-order valence-corrected chi connectivity index (χ1v) is 9.05. The van der Waals surface area contributed by atoms with Crippen molar-refractivity contribution in [3.63, 3.8) is 0 Å². The SMILES string of the molecule is COC(=O)Cn1c(O)c(N=NC(=O)c2ccc3ccccc3c2O)c2ccccc21. The maximum atomic E-state index is 12.6. The van der Waals surface area contributed by atoms with Crippen molar-refractivity contribution in [2.75, 3.05) is 7.11 Å². The zero-order valence-corrected chi connectivity index (χ0v) is 15.9. The van der Waals surface area contributed by atoms with Gasteiger partial charge < -0.3 is 14.9 Å². The molecule has 0 aliphatic carbocycles. The number of rotatable bonds is 4. The Hall–Kier alpha value is -4.20. The minimum absolute atomic E-state index is 0.00441. The molecule has 0 aliphatic rings. The lowest BCUT2D eigenvalue weighted by molar-refractivity contribution is -0.141. The fourth-order valence-electron chi connectivity index (χ4n) is 3.30. The van der Waals surface area contributed by atoms with Gasteiger partial charge in [0.15, 0.2) is 5.69 Å². The first kappa shape index (κ1) is 19.1. The van der Waals surface area contributed by atoms with Crippen molar-refractivity contribution in [2.24, 2.45) is 10.2 Å². The Labute approximate surface area is 170 Å². The number of hydrogen-bond acceptors (Lipinski definition) is 6. The Bertz CT molecular complexity index is 1320. The van der Waals surface area contributed by atoms with Gasteiger partial charge in [-0.2, -0.15) is 0 Å². The molecular weight excluding hydrogens is 386 g/mol. The van der Waals surface area contributed by atoms with Crippen molar-refractivity contribution in [2.45, 2.75) is 6.54 Å². The van der Waals surface area contributed by atoms with Crippen LogP contribution in [0.15, 0.2) is 70.9 Å². The number of benzene rings is 3. The quantitative estimate of drug-likeness (QED) is 0.389. The highest BCUT2D eigenvalue weighted by Gasteiger charge is 2.19. The number of methoxy groups -OCH3 is 1. The summed E-state index contributed by atoms with van der Waals surface area (Å²) in [5.74, 6) is -1.82. The van der Waals surface area contributed by atoms with Gasteiger partial charge in [0, 0.05) is 10.8 Å². The van der Waals surface area contributed by atoms with E-state index in [1.54, 1.807) is 42.5 Å². The molecule has 3 aromatic carbocycles. The largest absolute Gasteiger partial charge is 0.506 e. The van der Waals surface area contributed by atoms with E-state index in [-0.39, 0.29) is 29.4 Å². The molecule has 4 aromatic rings. The molecule has 1 heterocycles. The van der Waals surface area contributed by atoms with Crippen LogP contribution in [0.2, 0.25) is 0 Å². The van der Waals surface area contributed by atoms with Crippen molar-refractivity contribution >= 4 is 39.2 Å². The van der Waals surface area contributed by atoms with Crippen LogP contribution in [0.5, 0.6) is 11.6 Å². The molecule has 30 heavy (non-hydrogen) atoms. The van der Waals surface area contributed by atoms with E-state index in [0.29, 0.717) is 16.3 Å². The molecule has 150 valence electrons. The first-order chi connectivity index (χ1) is 14.5. The second-order valence-corrected chi connectivity index (χ2v) is 6.54. The van der Waals surface area contributed by atoms with Crippen LogP contribution >= 0.6 is 0 Å². The van der Waals surface area contributed by atoms with Crippen molar-refractivity contribution in [3.8, 4) is 11.6 Å². The molecule has 0 atom stereocenters. The summed E-state index contributed by atoms with van der Waals surface area (Å²) in [6, 6.07) is 17.2. The Morgan fingerprint density at radius 3 is 2.43 bits per heavy atom. The number of carbonyl (C=O) groups excluding carboxylic acids is 2. The molecule has 0 saturated carbocycles. The standard InChI is InChI=1S/C22H17N3O5/c1-30-18(26)12-25-17-9-5-4-8-15(17)19(22(25)29)23-24-21(28)16-11-10-13-6-2-3-7-14(13)20(16)27/h2-11,27,29H,12H2,1H3. The number of aromatic hydroxyl groups is 2. The Morgan fingerprint density at radius 2 is 1.67 bits per heavy atom. The van der Waals surface area contributed by atoms with Gasteiger partial charge in [-0.05, 0) is 17.5 Å². The molecule has 0 bridgehead atoms. The predicted molar refractivity (Wildman–Crippen MR) is 110 cm³/mol. The zero-order valence-electron chi connectivity index (χ0n) is 15.9. The number of fused-ring (bicyclic) bond motifs is 2. The number of nitrogens with zero attached hydrogens (tertiary/aromatic N) is 3. The highest BCUT2D eigenvalue weighted by Crippen LogP contribution is 2.39. The average molecular weight is 403 g/mol. The van der Waals surface area contributed by atoms with Gasteiger partial charge in [-0.1, -0.05) is 48.5 Å². The smallest absolute Gasteiger partial charge is 0.325 e. The van der Waals surface area contributed by atoms with E-state index in [4.69, 9.17) is 0 Å².